The molecule has 5 aromatic rings. The van der Waals surface area contributed by atoms with Gasteiger partial charge in [0.15, 0.2) is 16.7 Å². The summed E-state index contributed by atoms with van der Waals surface area (Å²) >= 11 is 5.38. The van der Waals surface area contributed by atoms with E-state index in [1.807, 2.05) is 57.3 Å². The van der Waals surface area contributed by atoms with E-state index in [2.05, 4.69) is 15.3 Å². The van der Waals surface area contributed by atoms with Crippen LogP contribution in [0.4, 0.5) is 46.5 Å². The molecule has 0 bridgehead atoms. The van der Waals surface area contributed by atoms with Gasteiger partial charge in [-0.05, 0) is 87.5 Å². The molecule has 3 amide bonds. The van der Waals surface area contributed by atoms with Crippen molar-refractivity contribution in [3.63, 3.8) is 0 Å². The standard InChI is InChI=1S/C50H48F8N8O5S/c1-47(2,3)42(44(68)64-19-11-14-37(64)43-61-26-35(62-43)28-12-7-6-8-13-28)63-38(67)27-70-20-9-10-21-71-31-16-17-32(33(23-31)49(53,54)55)41-34(51)22-30(25-60-41)66-46(72)65(45(69)48(66,4)5)36-18-15-29(24-59)39(40(36)52)50(56,57)58/h6-8,12-13,15-18,22-23,25-26,37,42H,9-11,14,19-21,27H2,1-5H3,(H,61,62)(H,63,67)/t37-,42+/m0/s1. The Morgan fingerprint density at radius 2 is 1.69 bits per heavy atom. The number of aromatic nitrogens is 3. The number of nitriles is 1. The zero-order valence-corrected chi connectivity index (χ0v) is 40.3. The number of benzene rings is 3. The molecule has 2 saturated heterocycles. The molecule has 7 rings (SSSR count). The van der Waals surface area contributed by atoms with Crippen molar-refractivity contribution in [2.75, 3.05) is 36.2 Å². The third kappa shape index (κ3) is 10.9. The van der Waals surface area contributed by atoms with Crippen molar-refractivity contribution in [1.82, 2.24) is 25.2 Å². The Morgan fingerprint density at radius 3 is 2.35 bits per heavy atom. The minimum atomic E-state index is -5.33. The van der Waals surface area contributed by atoms with E-state index in [1.165, 1.54) is 26.0 Å². The number of unbranched alkanes of at least 4 members (excludes halogenated alkanes) is 1. The van der Waals surface area contributed by atoms with Crippen LogP contribution >= 0.6 is 12.2 Å². The van der Waals surface area contributed by atoms with Crippen LogP contribution in [0.2, 0.25) is 0 Å². The SMILES string of the molecule is CC(C)(C)[C@H](NC(=O)COCCCCOc1ccc(-c2ncc(N3C(=S)N(c4ccc(C#N)c(C(F)(F)F)c4F)C(=O)C3(C)C)cc2F)c(C(F)(F)F)c1)C(=O)N1CCC[C@H]1c1nc(-c2ccccc2)c[nH]1. The fraction of sp³-hybridized carbons (Fsp3) is 0.380. The quantitative estimate of drug-likeness (QED) is 0.0588. The average Bonchev–Trinajstić information content (AvgIpc) is 4.04. The van der Waals surface area contributed by atoms with Crippen LogP contribution in [0, 0.1) is 28.4 Å². The van der Waals surface area contributed by atoms with E-state index in [4.69, 9.17) is 31.9 Å². The molecule has 2 aliphatic rings. The largest absolute Gasteiger partial charge is 0.494 e. The van der Waals surface area contributed by atoms with Crippen LogP contribution in [0.3, 0.4) is 0 Å². The van der Waals surface area contributed by atoms with E-state index >= 15 is 8.78 Å². The second-order valence-electron chi connectivity index (χ2n) is 18.7. The van der Waals surface area contributed by atoms with E-state index in [9.17, 15) is 40.7 Å². The molecule has 2 fully saturated rings. The number of aromatic amines is 1. The Morgan fingerprint density at radius 1 is 0.986 bits per heavy atom. The van der Waals surface area contributed by atoms with Gasteiger partial charge in [-0.1, -0.05) is 51.1 Å². The average molecular weight is 1030 g/mol. The van der Waals surface area contributed by atoms with Gasteiger partial charge in [0, 0.05) is 36.5 Å². The number of ether oxygens (including phenoxy) is 2. The zero-order chi connectivity index (χ0) is 52.5. The van der Waals surface area contributed by atoms with Gasteiger partial charge in [-0.15, -0.1) is 0 Å². The van der Waals surface area contributed by atoms with Crippen molar-refractivity contribution < 1.29 is 59.0 Å². The van der Waals surface area contributed by atoms with Gasteiger partial charge < -0.3 is 29.6 Å². The third-order valence-electron chi connectivity index (χ3n) is 12.2. The number of hydrogen-bond acceptors (Lipinski definition) is 9. The van der Waals surface area contributed by atoms with E-state index in [1.54, 1.807) is 4.90 Å². The molecule has 2 aliphatic heterocycles. The summed E-state index contributed by atoms with van der Waals surface area (Å²) in [6.07, 6.45) is -5.52. The Labute approximate surface area is 414 Å². The summed E-state index contributed by atoms with van der Waals surface area (Å²) in [6.45, 7) is 8.25. The second-order valence-corrected chi connectivity index (χ2v) is 19.0. The Balaban J connectivity index is 0.937. The number of H-pyrrole nitrogens is 1. The van der Waals surface area contributed by atoms with Crippen LogP contribution in [0.1, 0.15) is 88.9 Å². The summed E-state index contributed by atoms with van der Waals surface area (Å²) < 4.78 is 127. The molecule has 380 valence electrons. The molecule has 0 unspecified atom stereocenters. The van der Waals surface area contributed by atoms with Crippen LogP contribution < -0.4 is 19.9 Å². The maximum absolute atomic E-state index is 15.9. The van der Waals surface area contributed by atoms with Crippen molar-refractivity contribution in [3.05, 3.63) is 113 Å². The predicted molar refractivity (Wildman–Crippen MR) is 252 cm³/mol. The highest BCUT2D eigenvalue weighted by Crippen LogP contribution is 2.44. The van der Waals surface area contributed by atoms with E-state index in [0.29, 0.717) is 48.7 Å². The van der Waals surface area contributed by atoms with Crippen LogP contribution in [0.25, 0.3) is 22.5 Å². The normalized spacial score (nSPS) is 16.6. The van der Waals surface area contributed by atoms with Gasteiger partial charge in [-0.3, -0.25) is 24.3 Å². The van der Waals surface area contributed by atoms with Gasteiger partial charge in [0.1, 0.15) is 41.0 Å². The summed E-state index contributed by atoms with van der Waals surface area (Å²) in [4.78, 5) is 55.8. The predicted octanol–water partition coefficient (Wildman–Crippen LogP) is 10.3. The summed E-state index contributed by atoms with van der Waals surface area (Å²) in [7, 11) is 0. The zero-order valence-electron chi connectivity index (χ0n) is 39.5. The number of halogens is 8. The molecule has 0 spiro atoms. The second kappa shape index (κ2) is 20.6. The number of rotatable bonds is 15. The highest BCUT2D eigenvalue weighted by molar-refractivity contribution is 7.81. The van der Waals surface area contributed by atoms with E-state index in [0.717, 1.165) is 47.0 Å². The van der Waals surface area contributed by atoms with E-state index < -0.39 is 91.5 Å². The van der Waals surface area contributed by atoms with Crippen LogP contribution in [-0.4, -0.2) is 80.6 Å². The monoisotopic (exact) mass is 1020 g/mol. The van der Waals surface area contributed by atoms with Gasteiger partial charge >= 0.3 is 12.4 Å². The van der Waals surface area contributed by atoms with Crippen molar-refractivity contribution >= 4 is 46.4 Å². The number of thiocarbonyl (C=S) groups is 1. The maximum Gasteiger partial charge on any atom is 0.420 e. The number of alkyl halides is 6. The summed E-state index contributed by atoms with van der Waals surface area (Å²) in [6, 6.07) is 14.7. The first-order chi connectivity index (χ1) is 33.8. The Kier molecular flexibility index (Phi) is 15.1. The molecule has 22 heteroatoms. The molecule has 0 saturated carbocycles. The summed E-state index contributed by atoms with van der Waals surface area (Å²) in [5.41, 5.74) is -7.66. The van der Waals surface area contributed by atoms with Crippen LogP contribution in [0.15, 0.2) is 79.1 Å². The number of amides is 3. The minimum Gasteiger partial charge on any atom is -0.494 e. The molecule has 2 N–H and O–H groups in total. The molecule has 2 aromatic heterocycles. The molecule has 72 heavy (non-hydrogen) atoms. The van der Waals surface area contributed by atoms with Crippen molar-refractivity contribution in [2.24, 2.45) is 5.41 Å². The fourth-order valence-corrected chi connectivity index (χ4v) is 9.12. The number of likely N-dealkylation sites (tertiary alicyclic amines) is 1. The van der Waals surface area contributed by atoms with Crippen molar-refractivity contribution in [3.8, 4) is 34.3 Å². The Bertz CT molecular complexity index is 2920. The fourth-order valence-electron chi connectivity index (χ4n) is 8.61. The summed E-state index contributed by atoms with van der Waals surface area (Å²) in [5, 5.41) is 11.4. The molecule has 2 atom stereocenters. The van der Waals surface area contributed by atoms with Crippen LogP contribution in [0.5, 0.6) is 5.75 Å². The molecule has 4 heterocycles. The lowest BCUT2D eigenvalue weighted by molar-refractivity contribution is -0.141. The van der Waals surface area contributed by atoms with E-state index in [-0.39, 0.29) is 43.2 Å². The number of nitrogens with one attached hydrogen (secondary N) is 2. The lowest BCUT2D eigenvalue weighted by Gasteiger charge is -2.35. The van der Waals surface area contributed by atoms with Gasteiger partial charge in [0.25, 0.3) is 5.91 Å². The Hall–Kier alpha value is -6.99. The van der Waals surface area contributed by atoms with Crippen molar-refractivity contribution in [2.45, 2.75) is 90.3 Å². The highest BCUT2D eigenvalue weighted by atomic mass is 32.1. The third-order valence-corrected chi connectivity index (χ3v) is 12.6. The topological polar surface area (TPSA) is 157 Å². The van der Waals surface area contributed by atoms with Gasteiger partial charge in [-0.25, -0.2) is 13.8 Å². The lowest BCUT2D eigenvalue weighted by atomic mass is 9.85. The first-order valence-electron chi connectivity index (χ1n) is 22.6. The number of pyridine rings is 1. The van der Waals surface area contributed by atoms with Crippen molar-refractivity contribution in [1.29, 1.82) is 5.26 Å². The molecular formula is C50H48F8N8O5S. The van der Waals surface area contributed by atoms with Crippen LogP contribution in [-0.2, 0) is 31.5 Å². The number of hydrogen-bond donors (Lipinski definition) is 2. The molecule has 13 nitrogen and oxygen atoms in total. The molecular weight excluding hydrogens is 977 g/mol. The van der Waals surface area contributed by atoms with Gasteiger partial charge in [0.05, 0.1) is 53.1 Å². The first-order valence-corrected chi connectivity index (χ1v) is 23.0. The number of anilines is 2. The number of carbonyl (C=O) groups is 3. The number of carbonyl (C=O) groups excluding carboxylic acids is 3. The minimum absolute atomic E-state index is 0.0568. The first kappa shape index (κ1) is 52.8. The molecule has 0 radical (unpaired) electrons. The molecule has 3 aromatic carbocycles. The highest BCUT2D eigenvalue weighted by Gasteiger charge is 2.52. The smallest absolute Gasteiger partial charge is 0.420 e. The van der Waals surface area contributed by atoms with Gasteiger partial charge in [-0.2, -0.15) is 31.6 Å². The number of nitrogens with zero attached hydrogens (tertiary/aromatic N) is 6. The lowest BCUT2D eigenvalue weighted by Crippen LogP contribution is -2.55. The number of imidazole rings is 1. The molecule has 0 aliphatic carbocycles. The maximum atomic E-state index is 15.9. The summed E-state index contributed by atoms with van der Waals surface area (Å²) in [5.74, 6) is -4.57. The van der Waals surface area contributed by atoms with Gasteiger partial charge in [0.2, 0.25) is 11.8 Å².